The zero-order valence-corrected chi connectivity index (χ0v) is 41.2. The van der Waals surface area contributed by atoms with Crippen LogP contribution in [0.5, 0.6) is 23.0 Å². The second kappa shape index (κ2) is 20.3. The fourth-order valence-corrected chi connectivity index (χ4v) is 8.97. The summed E-state index contributed by atoms with van der Waals surface area (Å²) < 4.78 is 36.4. The molecule has 2 saturated heterocycles. The molecule has 4 rings (SSSR count). The standard InChI is InChI=1S/C46H72N4O10Si2/c1-30-20-32(28-59-61(11,12)45(3,4)5)49(26-30)42(51)34-22-38(55-9)40(24-36(34)47)57-18-16-15-17-19-58-41-25-37(48-44(53)54)35(23-39(41)56-10)43(52)50-27-31(2)21-33(50)29-60-62(13,14)46(6,7)8/h22-25,32-33,48H,1-2,15-21,26-29,47H2,3-14H3,(H,53,54)/t32-,33-/m0/s1. The fourth-order valence-electron chi connectivity index (χ4n) is 6.89. The van der Waals surface area contributed by atoms with Crippen LogP contribution in [0.15, 0.2) is 48.6 Å². The van der Waals surface area contributed by atoms with Crippen LogP contribution in [0.4, 0.5) is 16.2 Å². The SMILES string of the molecule is C=C1C[C@@H](CO[Si](C)(C)C(C)(C)C)N(C(=O)c2cc(OC)c(OCCCCCOc3cc(NC(=O)O)c(C(=O)N4CC(=C)C[C@H]4CO[Si](C)(C)C(C)(C)C)cc3OC)cc2N)C1. The van der Waals surface area contributed by atoms with E-state index in [-0.39, 0.29) is 45.2 Å². The minimum absolute atomic E-state index is 0.00379. The van der Waals surface area contributed by atoms with Crippen LogP contribution in [-0.4, -0.2) is 115 Å². The number of carboxylic acid groups (broad SMARTS) is 1. The van der Waals surface area contributed by atoms with Crippen molar-refractivity contribution in [3.05, 3.63) is 59.7 Å². The Morgan fingerprint density at radius 2 is 1.13 bits per heavy atom. The van der Waals surface area contributed by atoms with Gasteiger partial charge in [-0.15, -0.1) is 0 Å². The highest BCUT2D eigenvalue weighted by Crippen LogP contribution is 2.41. The molecule has 2 aromatic rings. The lowest BCUT2D eigenvalue weighted by Crippen LogP contribution is -2.46. The molecule has 2 aliphatic rings. The summed E-state index contributed by atoms with van der Waals surface area (Å²) in [4.78, 5) is 43.4. The van der Waals surface area contributed by atoms with Gasteiger partial charge in [-0.1, -0.05) is 65.8 Å². The quantitative estimate of drug-likeness (QED) is 0.0531. The molecule has 344 valence electrons. The number of nitrogens with two attached hydrogens (primary N) is 1. The number of benzene rings is 2. The lowest BCUT2D eigenvalue weighted by Gasteiger charge is -2.38. The van der Waals surface area contributed by atoms with Crippen molar-refractivity contribution < 1.29 is 47.3 Å². The van der Waals surface area contributed by atoms with Crippen LogP contribution in [0.3, 0.4) is 0 Å². The number of nitrogens with zero attached hydrogens (tertiary/aromatic N) is 2. The summed E-state index contributed by atoms with van der Waals surface area (Å²) in [6.07, 6.45) is 2.03. The lowest BCUT2D eigenvalue weighted by molar-refractivity contribution is 0.0680. The minimum Gasteiger partial charge on any atom is -0.493 e. The molecule has 0 saturated carbocycles. The number of hydrogen-bond acceptors (Lipinski definition) is 10. The van der Waals surface area contributed by atoms with E-state index in [0.29, 0.717) is 99.4 Å². The van der Waals surface area contributed by atoms with Crippen LogP contribution in [0.25, 0.3) is 0 Å². The summed E-state index contributed by atoms with van der Waals surface area (Å²) in [6.45, 7) is 32.4. The van der Waals surface area contributed by atoms with E-state index in [1.54, 1.807) is 21.9 Å². The number of carbonyl (C=O) groups is 3. The number of ether oxygens (including phenoxy) is 4. The highest BCUT2D eigenvalue weighted by molar-refractivity contribution is 6.74. The largest absolute Gasteiger partial charge is 0.493 e. The summed E-state index contributed by atoms with van der Waals surface area (Å²) >= 11 is 0. The smallest absolute Gasteiger partial charge is 0.409 e. The summed E-state index contributed by atoms with van der Waals surface area (Å²) in [7, 11) is -1.11. The molecule has 2 atom stereocenters. The predicted molar refractivity (Wildman–Crippen MR) is 250 cm³/mol. The van der Waals surface area contributed by atoms with Crippen molar-refractivity contribution >= 4 is 45.9 Å². The number of nitrogen functional groups attached to an aromatic ring is 1. The maximum absolute atomic E-state index is 14.1. The average molecular weight is 897 g/mol. The first-order valence-electron chi connectivity index (χ1n) is 21.5. The average Bonchev–Trinajstić information content (AvgIpc) is 3.75. The van der Waals surface area contributed by atoms with Crippen molar-refractivity contribution in [3.8, 4) is 23.0 Å². The Morgan fingerprint density at radius 3 is 1.55 bits per heavy atom. The van der Waals surface area contributed by atoms with Gasteiger partial charge >= 0.3 is 6.09 Å². The second-order valence-electron chi connectivity index (χ2n) is 19.6. The Balaban J connectivity index is 1.35. The topological polar surface area (TPSA) is 171 Å². The summed E-state index contributed by atoms with van der Waals surface area (Å²) in [6, 6.07) is 5.92. The number of unbranched alkanes of at least 4 members (excludes halogenated alkanes) is 2. The van der Waals surface area contributed by atoms with E-state index in [1.807, 2.05) is 0 Å². The maximum atomic E-state index is 14.1. The minimum atomic E-state index is -2.09. The molecule has 0 aliphatic carbocycles. The van der Waals surface area contributed by atoms with Gasteiger partial charge in [0.2, 0.25) is 0 Å². The van der Waals surface area contributed by atoms with Gasteiger partial charge in [-0.2, -0.15) is 0 Å². The maximum Gasteiger partial charge on any atom is 0.409 e. The van der Waals surface area contributed by atoms with E-state index < -0.39 is 22.7 Å². The first kappa shape index (κ1) is 50.1. The third-order valence-electron chi connectivity index (χ3n) is 12.8. The molecule has 2 aliphatic heterocycles. The Kier molecular flexibility index (Phi) is 16.4. The number of hydrogen-bond donors (Lipinski definition) is 3. The number of likely N-dealkylation sites (tertiary alicyclic amines) is 2. The Morgan fingerprint density at radius 1 is 0.710 bits per heavy atom. The molecule has 0 aromatic heterocycles. The summed E-state index contributed by atoms with van der Waals surface area (Å²) in [5.41, 5.74) is 9.22. The predicted octanol–water partition coefficient (Wildman–Crippen LogP) is 9.59. The van der Waals surface area contributed by atoms with Crippen molar-refractivity contribution in [3.63, 3.8) is 0 Å². The Bertz CT molecular complexity index is 1970. The monoisotopic (exact) mass is 896 g/mol. The molecule has 3 amide bonds. The zero-order valence-electron chi connectivity index (χ0n) is 39.2. The highest BCUT2D eigenvalue weighted by Gasteiger charge is 2.42. The molecule has 0 unspecified atom stereocenters. The Hall–Kier alpha value is -4.52. The summed E-state index contributed by atoms with van der Waals surface area (Å²) in [5, 5.41) is 12.1. The van der Waals surface area contributed by atoms with Gasteiger partial charge in [-0.25, -0.2) is 4.79 Å². The van der Waals surface area contributed by atoms with E-state index >= 15 is 0 Å². The van der Waals surface area contributed by atoms with Gasteiger partial charge in [-0.3, -0.25) is 14.9 Å². The summed E-state index contributed by atoms with van der Waals surface area (Å²) in [5.74, 6) is 0.892. The van der Waals surface area contributed by atoms with Crippen LogP contribution >= 0.6 is 0 Å². The molecule has 16 heteroatoms. The third-order valence-corrected chi connectivity index (χ3v) is 21.8. The molecule has 14 nitrogen and oxygen atoms in total. The van der Waals surface area contributed by atoms with Crippen LogP contribution < -0.4 is 30.0 Å². The highest BCUT2D eigenvalue weighted by atomic mass is 28.4. The molecule has 0 spiro atoms. The van der Waals surface area contributed by atoms with Crippen molar-refractivity contribution in [2.45, 2.75) is 122 Å². The Labute approximate surface area is 371 Å². The van der Waals surface area contributed by atoms with Crippen molar-refractivity contribution in [2.24, 2.45) is 0 Å². The molecule has 2 aromatic carbocycles. The van der Waals surface area contributed by atoms with E-state index in [2.05, 4.69) is 86.2 Å². The molecule has 62 heavy (non-hydrogen) atoms. The number of rotatable bonds is 19. The van der Waals surface area contributed by atoms with Gasteiger partial charge in [0.15, 0.2) is 39.6 Å². The van der Waals surface area contributed by atoms with Crippen molar-refractivity contribution in [2.75, 3.05) is 64.8 Å². The zero-order chi connectivity index (χ0) is 46.4. The van der Waals surface area contributed by atoms with Crippen LogP contribution in [0.1, 0.15) is 94.4 Å². The van der Waals surface area contributed by atoms with Gasteiger partial charge in [0.25, 0.3) is 11.8 Å². The molecule has 0 radical (unpaired) electrons. The first-order valence-corrected chi connectivity index (χ1v) is 27.3. The number of carbonyl (C=O) groups excluding carboxylic acids is 2. The lowest BCUT2D eigenvalue weighted by atomic mass is 10.1. The second-order valence-corrected chi connectivity index (χ2v) is 29.2. The van der Waals surface area contributed by atoms with Crippen LogP contribution in [0, 0.1) is 0 Å². The molecular formula is C46H72N4O10Si2. The van der Waals surface area contributed by atoms with E-state index in [0.717, 1.165) is 17.6 Å². The number of anilines is 2. The van der Waals surface area contributed by atoms with Gasteiger partial charge in [0.1, 0.15) is 0 Å². The van der Waals surface area contributed by atoms with E-state index in [4.69, 9.17) is 33.5 Å². The molecule has 0 bridgehead atoms. The molecule has 2 fully saturated rings. The van der Waals surface area contributed by atoms with E-state index in [1.165, 1.54) is 26.4 Å². The molecule has 4 N–H and O–H groups in total. The number of methoxy groups -OCH3 is 2. The van der Waals surface area contributed by atoms with Crippen molar-refractivity contribution in [1.29, 1.82) is 0 Å². The third kappa shape index (κ3) is 12.3. The van der Waals surface area contributed by atoms with Crippen LogP contribution in [0.2, 0.25) is 36.3 Å². The van der Waals surface area contributed by atoms with Gasteiger partial charge in [0, 0.05) is 30.9 Å². The number of amides is 3. The van der Waals surface area contributed by atoms with Crippen LogP contribution in [-0.2, 0) is 8.85 Å². The fraction of sp³-hybridized carbons (Fsp3) is 0.587. The molecular weight excluding hydrogens is 825 g/mol. The van der Waals surface area contributed by atoms with Crippen molar-refractivity contribution in [1.82, 2.24) is 9.80 Å². The van der Waals surface area contributed by atoms with Gasteiger partial charge in [-0.05, 0) is 80.5 Å². The number of nitrogens with one attached hydrogen (secondary N) is 1. The van der Waals surface area contributed by atoms with Gasteiger partial charge in [0.05, 0.1) is 69.5 Å². The molecule has 2 heterocycles. The van der Waals surface area contributed by atoms with Gasteiger partial charge < -0.3 is 48.4 Å². The van der Waals surface area contributed by atoms with E-state index in [9.17, 15) is 19.5 Å². The first-order chi connectivity index (χ1) is 28.8. The normalized spacial score (nSPS) is 17.4.